The first-order valence-corrected chi connectivity index (χ1v) is 6.85. The van der Waals surface area contributed by atoms with E-state index in [9.17, 15) is 0 Å². The Bertz CT molecular complexity index is 569. The van der Waals surface area contributed by atoms with Crippen LogP contribution in [0.4, 0.5) is 0 Å². The Morgan fingerprint density at radius 3 is 2.21 bits per heavy atom. The van der Waals surface area contributed by atoms with E-state index in [-0.39, 0.29) is 0 Å². The molecule has 1 aromatic carbocycles. The maximum absolute atomic E-state index is 5.42. The maximum Gasteiger partial charge on any atom is 0.172 e. The van der Waals surface area contributed by atoms with E-state index in [2.05, 4.69) is 4.98 Å². The first-order valence-electron chi connectivity index (χ1n) is 5.62. The minimum atomic E-state index is 0.633. The van der Waals surface area contributed by atoms with Gasteiger partial charge in [-0.05, 0) is 6.26 Å². The van der Waals surface area contributed by atoms with Crippen LogP contribution in [0.3, 0.4) is 0 Å². The summed E-state index contributed by atoms with van der Waals surface area (Å²) >= 11 is 1.56. The van der Waals surface area contributed by atoms with Crippen LogP contribution >= 0.6 is 11.8 Å². The fourth-order valence-corrected chi connectivity index (χ4v) is 2.35. The Balaban J connectivity index is 2.61. The molecule has 0 aliphatic rings. The smallest absolute Gasteiger partial charge is 0.172 e. The van der Waals surface area contributed by atoms with Gasteiger partial charge in [0.2, 0.25) is 0 Å². The second-order valence-electron chi connectivity index (χ2n) is 3.66. The number of methoxy groups -OCH3 is 3. The minimum absolute atomic E-state index is 0.633. The molecule has 0 atom stereocenters. The summed E-state index contributed by atoms with van der Waals surface area (Å²) in [6.07, 6.45) is 5.61. The van der Waals surface area contributed by atoms with E-state index in [1.807, 2.05) is 23.1 Å². The molecule has 0 unspecified atom stereocenters. The van der Waals surface area contributed by atoms with Gasteiger partial charge in [0, 0.05) is 24.5 Å². The van der Waals surface area contributed by atoms with Crippen LogP contribution in [-0.4, -0.2) is 37.1 Å². The number of thioether (sulfide) groups is 1. The Morgan fingerprint density at radius 2 is 1.63 bits per heavy atom. The lowest BCUT2D eigenvalue weighted by molar-refractivity contribution is 0.348. The Morgan fingerprint density at radius 1 is 1.00 bits per heavy atom. The molecule has 0 saturated heterocycles. The lowest BCUT2D eigenvalue weighted by Crippen LogP contribution is -2.01. The Kier molecular flexibility index (Phi) is 4.21. The zero-order valence-electron chi connectivity index (χ0n) is 11.3. The van der Waals surface area contributed by atoms with Crippen LogP contribution < -0.4 is 14.2 Å². The molecule has 0 fully saturated rings. The number of ether oxygens (including phenoxy) is 3. The van der Waals surface area contributed by atoms with Crippen molar-refractivity contribution in [2.24, 2.45) is 0 Å². The van der Waals surface area contributed by atoms with Gasteiger partial charge in [-0.15, -0.1) is 0 Å². The molecule has 0 N–H and O–H groups in total. The third kappa shape index (κ3) is 2.49. The van der Waals surface area contributed by atoms with Crippen molar-refractivity contribution in [3.8, 4) is 22.9 Å². The summed E-state index contributed by atoms with van der Waals surface area (Å²) in [7, 11) is 4.83. The highest BCUT2D eigenvalue weighted by atomic mass is 32.2. The number of hydrogen-bond acceptors (Lipinski definition) is 5. The summed E-state index contributed by atoms with van der Waals surface area (Å²) in [5, 5.41) is 0.880. The van der Waals surface area contributed by atoms with Gasteiger partial charge >= 0.3 is 0 Å². The summed E-state index contributed by atoms with van der Waals surface area (Å²) in [4.78, 5) is 4.28. The summed E-state index contributed by atoms with van der Waals surface area (Å²) < 4.78 is 18.0. The molecule has 0 saturated carbocycles. The number of imidazole rings is 1. The molecule has 1 heterocycles. The molecule has 0 bridgehead atoms. The topological polar surface area (TPSA) is 45.5 Å². The van der Waals surface area contributed by atoms with Gasteiger partial charge in [0.15, 0.2) is 16.7 Å². The van der Waals surface area contributed by atoms with Crippen LogP contribution in [0.2, 0.25) is 0 Å². The average Bonchev–Trinajstić information content (AvgIpc) is 2.93. The zero-order chi connectivity index (χ0) is 13.8. The quantitative estimate of drug-likeness (QED) is 0.788. The number of aromatic nitrogens is 2. The minimum Gasteiger partial charge on any atom is -0.494 e. The van der Waals surface area contributed by atoms with Gasteiger partial charge in [-0.2, -0.15) is 0 Å². The van der Waals surface area contributed by atoms with Crippen LogP contribution in [-0.2, 0) is 0 Å². The lowest BCUT2D eigenvalue weighted by atomic mass is 10.2. The summed E-state index contributed by atoms with van der Waals surface area (Å²) in [5.74, 6) is 1.99. The molecule has 0 radical (unpaired) electrons. The number of rotatable bonds is 5. The van der Waals surface area contributed by atoms with Crippen molar-refractivity contribution >= 4 is 11.8 Å². The van der Waals surface area contributed by atoms with E-state index < -0.39 is 0 Å². The zero-order valence-corrected chi connectivity index (χ0v) is 12.2. The lowest BCUT2D eigenvalue weighted by Gasteiger charge is -2.15. The monoisotopic (exact) mass is 280 g/mol. The number of hydrogen-bond donors (Lipinski definition) is 0. The number of benzene rings is 1. The largest absolute Gasteiger partial charge is 0.494 e. The summed E-state index contributed by atoms with van der Waals surface area (Å²) in [6.45, 7) is 0. The predicted octanol–water partition coefficient (Wildman–Crippen LogP) is 2.62. The fraction of sp³-hybridized carbons (Fsp3) is 0.308. The molecule has 2 aromatic rings. The Hall–Kier alpha value is -1.82. The van der Waals surface area contributed by atoms with Crippen LogP contribution in [0.5, 0.6) is 17.2 Å². The molecular formula is C13H16N2O3S. The molecule has 102 valence electrons. The molecule has 0 aliphatic heterocycles. The molecule has 5 nitrogen and oxygen atoms in total. The highest BCUT2D eigenvalue weighted by Crippen LogP contribution is 2.37. The SMILES string of the molecule is COc1cc(OC)c(-n2ccnc2SC)cc1OC. The molecule has 0 spiro atoms. The number of nitrogens with zero attached hydrogens (tertiary/aromatic N) is 2. The summed E-state index contributed by atoms with van der Waals surface area (Å²) in [5.41, 5.74) is 0.863. The van der Waals surface area contributed by atoms with Crippen LogP contribution in [0.15, 0.2) is 29.7 Å². The third-order valence-corrected chi connectivity index (χ3v) is 3.40. The Labute approximate surface area is 116 Å². The first-order chi connectivity index (χ1) is 9.24. The predicted molar refractivity (Wildman–Crippen MR) is 75.0 cm³/mol. The molecule has 6 heteroatoms. The van der Waals surface area contributed by atoms with Crippen molar-refractivity contribution in [3.63, 3.8) is 0 Å². The van der Waals surface area contributed by atoms with Crippen molar-refractivity contribution in [2.45, 2.75) is 5.16 Å². The van der Waals surface area contributed by atoms with E-state index in [0.717, 1.165) is 10.8 Å². The molecule has 1 aromatic heterocycles. The van der Waals surface area contributed by atoms with Crippen molar-refractivity contribution in [3.05, 3.63) is 24.5 Å². The van der Waals surface area contributed by atoms with Crippen LogP contribution in [0.1, 0.15) is 0 Å². The van der Waals surface area contributed by atoms with Gasteiger partial charge in [-0.3, -0.25) is 4.57 Å². The van der Waals surface area contributed by atoms with Gasteiger partial charge in [-0.25, -0.2) is 4.98 Å². The molecule has 19 heavy (non-hydrogen) atoms. The van der Waals surface area contributed by atoms with Crippen molar-refractivity contribution in [2.75, 3.05) is 27.6 Å². The second-order valence-corrected chi connectivity index (χ2v) is 4.44. The van der Waals surface area contributed by atoms with Gasteiger partial charge in [0.1, 0.15) is 5.75 Å². The standard InChI is InChI=1S/C13H16N2O3S/c1-16-10-8-12(18-3)11(17-2)7-9(10)15-6-5-14-13(15)19-4/h5-8H,1-4H3. The highest BCUT2D eigenvalue weighted by Gasteiger charge is 2.15. The maximum atomic E-state index is 5.42. The second kappa shape index (κ2) is 5.88. The van der Waals surface area contributed by atoms with Crippen molar-refractivity contribution in [1.82, 2.24) is 9.55 Å². The fourth-order valence-electron chi connectivity index (χ4n) is 1.83. The van der Waals surface area contributed by atoms with E-state index in [4.69, 9.17) is 14.2 Å². The van der Waals surface area contributed by atoms with Crippen molar-refractivity contribution in [1.29, 1.82) is 0 Å². The van der Waals surface area contributed by atoms with E-state index in [0.29, 0.717) is 17.2 Å². The molecule has 2 rings (SSSR count). The van der Waals surface area contributed by atoms with Gasteiger partial charge < -0.3 is 14.2 Å². The van der Waals surface area contributed by atoms with Crippen LogP contribution in [0.25, 0.3) is 5.69 Å². The van der Waals surface area contributed by atoms with Crippen LogP contribution in [0, 0.1) is 0 Å². The van der Waals surface area contributed by atoms with E-state index >= 15 is 0 Å². The molecule has 0 amide bonds. The average molecular weight is 280 g/mol. The normalized spacial score (nSPS) is 10.3. The van der Waals surface area contributed by atoms with E-state index in [1.54, 1.807) is 45.4 Å². The third-order valence-electron chi connectivity index (χ3n) is 2.73. The van der Waals surface area contributed by atoms with Gasteiger partial charge in [0.05, 0.1) is 27.0 Å². The van der Waals surface area contributed by atoms with Gasteiger partial charge in [0.25, 0.3) is 0 Å². The molecular weight excluding hydrogens is 264 g/mol. The van der Waals surface area contributed by atoms with E-state index in [1.165, 1.54) is 0 Å². The highest BCUT2D eigenvalue weighted by molar-refractivity contribution is 7.98. The van der Waals surface area contributed by atoms with Crippen molar-refractivity contribution < 1.29 is 14.2 Å². The summed E-state index contributed by atoms with van der Waals surface area (Å²) in [6, 6.07) is 3.68. The molecule has 0 aliphatic carbocycles. The van der Waals surface area contributed by atoms with Gasteiger partial charge in [-0.1, -0.05) is 11.8 Å². The first kappa shape index (κ1) is 13.6.